The molecule has 1 amide bonds. The minimum Gasteiger partial charge on any atom is -0.369 e. The molecule has 4 nitrogen and oxygen atoms in total. The molecular formula is C12H25N3O. The number of primary amides is 1. The number of nitrogens with one attached hydrogen (secondary N) is 1. The number of nitrogens with zero attached hydrogens (tertiary/aromatic N) is 1. The zero-order valence-electron chi connectivity index (χ0n) is 10.5. The molecule has 4 heteroatoms. The molecule has 0 radical (unpaired) electrons. The van der Waals surface area contributed by atoms with Gasteiger partial charge in [-0.1, -0.05) is 13.8 Å². The molecule has 1 heterocycles. The molecule has 16 heavy (non-hydrogen) atoms. The molecule has 0 aromatic rings. The molecule has 3 N–H and O–H groups in total. The van der Waals surface area contributed by atoms with Gasteiger partial charge in [0.15, 0.2) is 0 Å². The van der Waals surface area contributed by atoms with Crippen molar-refractivity contribution in [3.8, 4) is 0 Å². The predicted octanol–water partition coefficient (Wildman–Crippen LogP) is 0.429. The first-order chi connectivity index (χ1) is 7.58. The number of amides is 1. The highest BCUT2D eigenvalue weighted by Crippen LogP contribution is 2.12. The SMILES string of the molecule is CC(C)CN(CC(N)=O)CC1CCCNC1. The van der Waals surface area contributed by atoms with Crippen molar-refractivity contribution >= 4 is 5.91 Å². The number of carbonyl (C=O) groups is 1. The van der Waals surface area contributed by atoms with Gasteiger partial charge in [0.25, 0.3) is 0 Å². The van der Waals surface area contributed by atoms with E-state index in [-0.39, 0.29) is 5.91 Å². The van der Waals surface area contributed by atoms with Crippen LogP contribution in [0.15, 0.2) is 0 Å². The van der Waals surface area contributed by atoms with Crippen molar-refractivity contribution in [1.29, 1.82) is 0 Å². The van der Waals surface area contributed by atoms with Gasteiger partial charge in [0.05, 0.1) is 6.54 Å². The lowest BCUT2D eigenvalue weighted by Gasteiger charge is -2.30. The van der Waals surface area contributed by atoms with E-state index in [1.54, 1.807) is 0 Å². The molecular weight excluding hydrogens is 202 g/mol. The van der Waals surface area contributed by atoms with Crippen LogP contribution in [0.4, 0.5) is 0 Å². The van der Waals surface area contributed by atoms with E-state index in [0.717, 1.165) is 26.2 Å². The monoisotopic (exact) mass is 227 g/mol. The Balaban J connectivity index is 2.37. The minimum atomic E-state index is -0.218. The molecule has 1 unspecified atom stereocenters. The standard InChI is InChI=1S/C12H25N3O/c1-10(2)7-15(9-12(13)16)8-11-4-3-5-14-6-11/h10-11,14H,3-9H2,1-2H3,(H2,13,16). The number of carbonyl (C=O) groups excluding carboxylic acids is 1. The molecule has 1 atom stereocenters. The van der Waals surface area contributed by atoms with E-state index >= 15 is 0 Å². The van der Waals surface area contributed by atoms with Gasteiger partial charge in [-0.2, -0.15) is 0 Å². The number of piperidine rings is 1. The molecule has 0 saturated carbocycles. The van der Waals surface area contributed by atoms with Gasteiger partial charge >= 0.3 is 0 Å². The van der Waals surface area contributed by atoms with E-state index in [1.807, 2.05) is 0 Å². The molecule has 0 bridgehead atoms. The largest absolute Gasteiger partial charge is 0.369 e. The van der Waals surface area contributed by atoms with Gasteiger partial charge in [-0.05, 0) is 37.8 Å². The van der Waals surface area contributed by atoms with Gasteiger partial charge in [-0.3, -0.25) is 9.69 Å². The topological polar surface area (TPSA) is 58.4 Å². The predicted molar refractivity (Wildman–Crippen MR) is 66.1 cm³/mol. The maximum Gasteiger partial charge on any atom is 0.231 e. The fourth-order valence-corrected chi connectivity index (χ4v) is 2.39. The van der Waals surface area contributed by atoms with Crippen LogP contribution in [0.5, 0.6) is 0 Å². The van der Waals surface area contributed by atoms with Crippen LogP contribution in [0.3, 0.4) is 0 Å². The van der Waals surface area contributed by atoms with Gasteiger partial charge < -0.3 is 11.1 Å². The third-order valence-corrected chi connectivity index (χ3v) is 2.92. The number of rotatable bonds is 6. The van der Waals surface area contributed by atoms with Crippen LogP contribution in [0, 0.1) is 11.8 Å². The zero-order valence-corrected chi connectivity index (χ0v) is 10.5. The van der Waals surface area contributed by atoms with Crippen molar-refractivity contribution in [3.05, 3.63) is 0 Å². The Bertz CT molecular complexity index is 212. The van der Waals surface area contributed by atoms with Crippen molar-refractivity contribution in [2.24, 2.45) is 17.6 Å². The minimum absolute atomic E-state index is 0.218. The number of hydrogen-bond donors (Lipinski definition) is 2. The van der Waals surface area contributed by atoms with Gasteiger partial charge in [0, 0.05) is 13.1 Å². The lowest BCUT2D eigenvalue weighted by molar-refractivity contribution is -0.119. The van der Waals surface area contributed by atoms with Gasteiger partial charge in [-0.25, -0.2) is 0 Å². The summed E-state index contributed by atoms with van der Waals surface area (Å²) in [6.07, 6.45) is 2.51. The van der Waals surface area contributed by atoms with Crippen LogP contribution < -0.4 is 11.1 Å². The Morgan fingerprint density at radius 3 is 2.81 bits per heavy atom. The lowest BCUT2D eigenvalue weighted by Crippen LogP contribution is -2.43. The average molecular weight is 227 g/mol. The molecule has 0 aliphatic carbocycles. The van der Waals surface area contributed by atoms with E-state index in [1.165, 1.54) is 12.8 Å². The van der Waals surface area contributed by atoms with E-state index < -0.39 is 0 Å². The normalized spacial score (nSPS) is 21.6. The summed E-state index contributed by atoms with van der Waals surface area (Å²) < 4.78 is 0. The Morgan fingerprint density at radius 1 is 1.56 bits per heavy atom. The molecule has 94 valence electrons. The third-order valence-electron chi connectivity index (χ3n) is 2.92. The molecule has 1 fully saturated rings. The number of hydrogen-bond acceptors (Lipinski definition) is 3. The van der Waals surface area contributed by atoms with Crippen LogP contribution in [0.25, 0.3) is 0 Å². The molecule has 1 rings (SSSR count). The lowest BCUT2D eigenvalue weighted by atomic mass is 9.98. The average Bonchev–Trinajstić information content (AvgIpc) is 2.16. The number of nitrogens with two attached hydrogens (primary N) is 1. The van der Waals surface area contributed by atoms with Crippen molar-refractivity contribution in [2.75, 3.05) is 32.7 Å². The maximum absolute atomic E-state index is 11.0. The zero-order chi connectivity index (χ0) is 12.0. The summed E-state index contributed by atoms with van der Waals surface area (Å²) in [5, 5.41) is 3.40. The summed E-state index contributed by atoms with van der Waals surface area (Å²) in [6, 6.07) is 0. The summed E-state index contributed by atoms with van der Waals surface area (Å²) >= 11 is 0. The molecule has 0 aromatic heterocycles. The first-order valence-electron chi connectivity index (χ1n) is 6.29. The molecule has 0 aromatic carbocycles. The second-order valence-corrected chi connectivity index (χ2v) is 5.27. The Labute approximate surface area is 98.6 Å². The first-order valence-corrected chi connectivity index (χ1v) is 6.29. The van der Waals surface area contributed by atoms with E-state index in [9.17, 15) is 4.79 Å². The highest BCUT2D eigenvalue weighted by molar-refractivity contribution is 5.75. The Hall–Kier alpha value is -0.610. The van der Waals surface area contributed by atoms with Gasteiger partial charge in [0.1, 0.15) is 0 Å². The van der Waals surface area contributed by atoms with E-state index in [0.29, 0.717) is 18.4 Å². The van der Waals surface area contributed by atoms with Crippen molar-refractivity contribution in [1.82, 2.24) is 10.2 Å². The fraction of sp³-hybridized carbons (Fsp3) is 0.917. The molecule has 1 saturated heterocycles. The van der Waals surface area contributed by atoms with Crippen molar-refractivity contribution in [2.45, 2.75) is 26.7 Å². The fourth-order valence-electron chi connectivity index (χ4n) is 2.39. The Morgan fingerprint density at radius 2 is 2.31 bits per heavy atom. The highest BCUT2D eigenvalue weighted by atomic mass is 16.1. The van der Waals surface area contributed by atoms with E-state index in [2.05, 4.69) is 24.1 Å². The summed E-state index contributed by atoms with van der Waals surface area (Å²) in [5.41, 5.74) is 5.28. The van der Waals surface area contributed by atoms with E-state index in [4.69, 9.17) is 5.73 Å². The van der Waals surface area contributed by atoms with Crippen molar-refractivity contribution < 1.29 is 4.79 Å². The highest BCUT2D eigenvalue weighted by Gasteiger charge is 2.18. The maximum atomic E-state index is 11.0. The molecule has 1 aliphatic heterocycles. The summed E-state index contributed by atoms with van der Waals surface area (Å²) in [7, 11) is 0. The second kappa shape index (κ2) is 6.86. The van der Waals surface area contributed by atoms with Crippen LogP contribution in [-0.4, -0.2) is 43.5 Å². The third kappa shape index (κ3) is 5.47. The van der Waals surface area contributed by atoms with Crippen molar-refractivity contribution in [3.63, 3.8) is 0 Å². The van der Waals surface area contributed by atoms with Crippen LogP contribution >= 0.6 is 0 Å². The van der Waals surface area contributed by atoms with Gasteiger partial charge in [-0.15, -0.1) is 0 Å². The molecule has 1 aliphatic rings. The van der Waals surface area contributed by atoms with Crippen LogP contribution in [0.2, 0.25) is 0 Å². The summed E-state index contributed by atoms with van der Waals surface area (Å²) in [4.78, 5) is 13.2. The first kappa shape index (κ1) is 13.5. The second-order valence-electron chi connectivity index (χ2n) is 5.27. The quantitative estimate of drug-likeness (QED) is 0.692. The Kier molecular flexibility index (Phi) is 5.77. The van der Waals surface area contributed by atoms with Crippen LogP contribution in [0.1, 0.15) is 26.7 Å². The summed E-state index contributed by atoms with van der Waals surface area (Å²) in [6.45, 7) is 8.91. The smallest absolute Gasteiger partial charge is 0.231 e. The van der Waals surface area contributed by atoms with Crippen LogP contribution in [-0.2, 0) is 4.79 Å². The molecule has 0 spiro atoms. The van der Waals surface area contributed by atoms with Gasteiger partial charge in [0.2, 0.25) is 5.91 Å². The summed E-state index contributed by atoms with van der Waals surface area (Å²) in [5.74, 6) is 1.03.